The minimum absolute atomic E-state index is 0.266. The van der Waals surface area contributed by atoms with Crippen molar-refractivity contribution in [1.29, 1.82) is 0 Å². The van der Waals surface area contributed by atoms with Crippen molar-refractivity contribution in [1.82, 2.24) is 0 Å². The van der Waals surface area contributed by atoms with Gasteiger partial charge in [-0.25, -0.2) is 8.78 Å². The first-order chi connectivity index (χ1) is 13.7. The van der Waals surface area contributed by atoms with E-state index in [2.05, 4.69) is 19.1 Å². The highest BCUT2D eigenvalue weighted by Crippen LogP contribution is 2.39. The van der Waals surface area contributed by atoms with Crippen LogP contribution in [0.4, 0.5) is 8.78 Å². The Morgan fingerprint density at radius 1 is 0.893 bits per heavy atom. The molecule has 1 aliphatic rings. The van der Waals surface area contributed by atoms with Crippen molar-refractivity contribution in [3.05, 3.63) is 71.8 Å². The lowest BCUT2D eigenvalue weighted by atomic mass is 9.77. The smallest absolute Gasteiger partial charge is 0.138 e. The van der Waals surface area contributed by atoms with E-state index in [9.17, 15) is 4.39 Å². The lowest BCUT2D eigenvalue weighted by Crippen LogP contribution is -2.13. The molecule has 0 radical (unpaired) electrons. The Bertz CT molecular complexity index is 952. The Labute approximate surface area is 166 Å². The first-order valence-corrected chi connectivity index (χ1v) is 10.6. The van der Waals surface area contributed by atoms with Gasteiger partial charge >= 0.3 is 0 Å². The van der Waals surface area contributed by atoms with Gasteiger partial charge in [0.25, 0.3) is 0 Å². The quantitative estimate of drug-likeness (QED) is 0.419. The first-order valence-electron chi connectivity index (χ1n) is 10.6. The standard InChI is InChI=1S/C26H28F2/c1-2-3-5-18-8-10-19(11-9-18)20-12-14-25-22(16-20)13-15-24(26(25)28)21-6-4-7-23(27)17-21/h4,6-7,12-19H,2-3,5,8-11H2,1H3. The maximum atomic E-state index is 15.1. The van der Waals surface area contributed by atoms with Gasteiger partial charge in [-0.3, -0.25) is 0 Å². The van der Waals surface area contributed by atoms with Crippen LogP contribution in [-0.2, 0) is 0 Å². The Morgan fingerprint density at radius 2 is 1.71 bits per heavy atom. The monoisotopic (exact) mass is 378 g/mol. The highest BCUT2D eigenvalue weighted by molar-refractivity contribution is 5.88. The molecule has 1 saturated carbocycles. The topological polar surface area (TPSA) is 0 Å². The zero-order chi connectivity index (χ0) is 19.5. The zero-order valence-electron chi connectivity index (χ0n) is 16.6. The summed E-state index contributed by atoms with van der Waals surface area (Å²) in [5, 5.41) is 1.55. The molecular formula is C26H28F2. The van der Waals surface area contributed by atoms with Gasteiger partial charge in [0.2, 0.25) is 0 Å². The predicted molar refractivity (Wildman–Crippen MR) is 114 cm³/mol. The second-order valence-corrected chi connectivity index (χ2v) is 8.28. The van der Waals surface area contributed by atoms with E-state index in [1.165, 1.54) is 62.6 Å². The second-order valence-electron chi connectivity index (χ2n) is 8.28. The van der Waals surface area contributed by atoms with Crippen molar-refractivity contribution in [2.75, 3.05) is 0 Å². The highest BCUT2D eigenvalue weighted by Gasteiger charge is 2.22. The average Bonchev–Trinajstić information content (AvgIpc) is 2.72. The zero-order valence-corrected chi connectivity index (χ0v) is 16.6. The van der Waals surface area contributed by atoms with Crippen LogP contribution in [0, 0.1) is 17.6 Å². The number of unbranched alkanes of at least 4 members (excludes halogenated alkanes) is 1. The van der Waals surface area contributed by atoms with Gasteiger partial charge in [-0.05, 0) is 66.2 Å². The average molecular weight is 379 g/mol. The predicted octanol–water partition coefficient (Wildman–Crippen LogP) is 8.25. The highest BCUT2D eigenvalue weighted by atomic mass is 19.1. The fraction of sp³-hybridized carbons (Fsp3) is 0.385. The Morgan fingerprint density at radius 3 is 2.46 bits per heavy atom. The van der Waals surface area contributed by atoms with Gasteiger partial charge in [0.1, 0.15) is 11.6 Å². The molecule has 0 nitrogen and oxygen atoms in total. The minimum Gasteiger partial charge on any atom is -0.207 e. The van der Waals surface area contributed by atoms with E-state index >= 15 is 4.39 Å². The molecule has 0 saturated heterocycles. The number of hydrogen-bond acceptors (Lipinski definition) is 0. The summed E-state index contributed by atoms with van der Waals surface area (Å²) in [7, 11) is 0. The van der Waals surface area contributed by atoms with Crippen molar-refractivity contribution in [3.63, 3.8) is 0 Å². The van der Waals surface area contributed by atoms with Crippen LogP contribution in [0.5, 0.6) is 0 Å². The van der Waals surface area contributed by atoms with Crippen molar-refractivity contribution in [2.24, 2.45) is 5.92 Å². The van der Waals surface area contributed by atoms with Crippen LogP contribution in [0.3, 0.4) is 0 Å². The first kappa shape index (κ1) is 19.1. The lowest BCUT2D eigenvalue weighted by molar-refractivity contribution is 0.304. The summed E-state index contributed by atoms with van der Waals surface area (Å²) in [6.07, 6.45) is 9.11. The normalized spacial score (nSPS) is 19.8. The van der Waals surface area contributed by atoms with Crippen LogP contribution in [-0.4, -0.2) is 0 Å². The lowest BCUT2D eigenvalue weighted by Gasteiger charge is -2.29. The molecule has 0 spiro atoms. The van der Waals surface area contributed by atoms with Crippen LogP contribution in [0.1, 0.15) is 63.4 Å². The molecular weight excluding hydrogens is 350 g/mol. The van der Waals surface area contributed by atoms with E-state index in [0.29, 0.717) is 22.4 Å². The van der Waals surface area contributed by atoms with E-state index < -0.39 is 0 Å². The molecule has 0 atom stereocenters. The summed E-state index contributed by atoms with van der Waals surface area (Å²) >= 11 is 0. The molecule has 0 aromatic heterocycles. The molecule has 0 amide bonds. The largest absolute Gasteiger partial charge is 0.207 e. The van der Waals surface area contributed by atoms with Gasteiger partial charge in [-0.2, -0.15) is 0 Å². The number of hydrogen-bond donors (Lipinski definition) is 0. The van der Waals surface area contributed by atoms with Gasteiger partial charge < -0.3 is 0 Å². The van der Waals surface area contributed by atoms with Gasteiger partial charge in [0, 0.05) is 10.9 Å². The molecule has 0 heterocycles. The van der Waals surface area contributed by atoms with Crippen molar-refractivity contribution < 1.29 is 8.78 Å². The summed E-state index contributed by atoms with van der Waals surface area (Å²) in [4.78, 5) is 0. The van der Waals surface area contributed by atoms with Crippen LogP contribution >= 0.6 is 0 Å². The van der Waals surface area contributed by atoms with E-state index in [-0.39, 0.29) is 11.6 Å². The summed E-state index contributed by atoms with van der Waals surface area (Å²) in [6, 6.07) is 16.0. The number of halogens is 2. The minimum atomic E-state index is -0.345. The van der Waals surface area contributed by atoms with Crippen LogP contribution < -0.4 is 0 Å². The molecule has 0 bridgehead atoms. The number of benzene rings is 3. The fourth-order valence-electron chi connectivity index (χ4n) is 4.72. The molecule has 3 aromatic carbocycles. The van der Waals surface area contributed by atoms with Gasteiger partial charge in [-0.15, -0.1) is 0 Å². The second kappa shape index (κ2) is 8.43. The van der Waals surface area contributed by atoms with Crippen molar-refractivity contribution in [2.45, 2.75) is 57.8 Å². The molecule has 146 valence electrons. The molecule has 28 heavy (non-hydrogen) atoms. The number of fused-ring (bicyclic) bond motifs is 1. The molecule has 3 aromatic rings. The fourth-order valence-corrected chi connectivity index (χ4v) is 4.72. The Kier molecular flexibility index (Phi) is 5.75. The van der Waals surface area contributed by atoms with Gasteiger partial charge in [0.15, 0.2) is 0 Å². The van der Waals surface area contributed by atoms with Crippen LogP contribution in [0.25, 0.3) is 21.9 Å². The molecule has 4 rings (SSSR count). The maximum absolute atomic E-state index is 15.1. The molecule has 2 heteroatoms. The summed E-state index contributed by atoms with van der Waals surface area (Å²) in [6.45, 7) is 2.26. The molecule has 1 aliphatic carbocycles. The summed E-state index contributed by atoms with van der Waals surface area (Å²) < 4.78 is 28.6. The summed E-state index contributed by atoms with van der Waals surface area (Å²) in [5.74, 6) is 0.871. The number of rotatable bonds is 5. The van der Waals surface area contributed by atoms with Gasteiger partial charge in [0.05, 0.1) is 0 Å². The van der Waals surface area contributed by atoms with E-state index in [1.807, 2.05) is 12.1 Å². The molecule has 0 unspecified atom stereocenters. The molecule has 1 fully saturated rings. The third kappa shape index (κ3) is 3.97. The Balaban J connectivity index is 1.56. The van der Waals surface area contributed by atoms with Crippen LogP contribution in [0.2, 0.25) is 0 Å². The third-order valence-corrected chi connectivity index (χ3v) is 6.40. The van der Waals surface area contributed by atoms with Crippen LogP contribution in [0.15, 0.2) is 54.6 Å². The van der Waals surface area contributed by atoms with Gasteiger partial charge in [-0.1, -0.05) is 68.7 Å². The Hall–Kier alpha value is -2.22. The maximum Gasteiger partial charge on any atom is 0.138 e. The van der Waals surface area contributed by atoms with Crippen molar-refractivity contribution >= 4 is 10.8 Å². The van der Waals surface area contributed by atoms with E-state index in [4.69, 9.17) is 0 Å². The van der Waals surface area contributed by atoms with E-state index in [1.54, 1.807) is 18.2 Å². The van der Waals surface area contributed by atoms with Crippen molar-refractivity contribution in [3.8, 4) is 11.1 Å². The summed E-state index contributed by atoms with van der Waals surface area (Å²) in [5.41, 5.74) is 2.37. The third-order valence-electron chi connectivity index (χ3n) is 6.40. The SMILES string of the molecule is CCCCC1CCC(c2ccc3c(F)c(-c4cccc(F)c4)ccc3c2)CC1. The molecule has 0 aliphatic heterocycles. The van der Waals surface area contributed by atoms with E-state index in [0.717, 1.165) is 11.3 Å². The molecule has 0 N–H and O–H groups in total.